The van der Waals surface area contributed by atoms with E-state index >= 15 is 0 Å². The Morgan fingerprint density at radius 1 is 1.29 bits per heavy atom. The maximum absolute atomic E-state index is 13.2. The van der Waals surface area contributed by atoms with Gasteiger partial charge in [-0.1, -0.05) is 18.5 Å². The van der Waals surface area contributed by atoms with Gasteiger partial charge in [0.2, 0.25) is 15.9 Å². The molecule has 0 radical (unpaired) electrons. The molecule has 7 heteroatoms. The highest BCUT2D eigenvalue weighted by molar-refractivity contribution is 7.89. The Labute approximate surface area is 149 Å². The van der Waals surface area contributed by atoms with E-state index in [2.05, 4.69) is 0 Å². The standard InChI is InChI=1S/C17H25ClN2O3S/c1-5-17(21)19(4)16-8-6-7-9-20(16)24(22,23)15-11-12(2)14(18)10-13(15)3/h10-11,16H,5-9H2,1-4H3. The fraction of sp³-hybridized carbons (Fsp3) is 0.588. The second kappa shape index (κ2) is 7.42. The monoisotopic (exact) mass is 372 g/mol. The molecule has 1 atom stereocenters. The predicted molar refractivity (Wildman–Crippen MR) is 95.5 cm³/mol. The van der Waals surface area contributed by atoms with E-state index in [4.69, 9.17) is 11.6 Å². The highest BCUT2D eigenvalue weighted by atomic mass is 35.5. The zero-order valence-corrected chi connectivity index (χ0v) is 16.2. The summed E-state index contributed by atoms with van der Waals surface area (Å²) in [6, 6.07) is 3.31. The number of piperidine rings is 1. The average Bonchev–Trinajstić information content (AvgIpc) is 2.56. The van der Waals surface area contributed by atoms with Crippen molar-refractivity contribution in [1.29, 1.82) is 0 Å². The van der Waals surface area contributed by atoms with Gasteiger partial charge >= 0.3 is 0 Å². The van der Waals surface area contributed by atoms with Crippen LogP contribution in [-0.2, 0) is 14.8 Å². The molecule has 0 N–H and O–H groups in total. The molecule has 1 aliphatic heterocycles. The fourth-order valence-corrected chi connectivity index (χ4v) is 5.33. The zero-order chi connectivity index (χ0) is 18.1. The van der Waals surface area contributed by atoms with E-state index in [1.165, 1.54) is 4.31 Å². The lowest BCUT2D eigenvalue weighted by molar-refractivity contribution is -0.134. The maximum atomic E-state index is 13.2. The summed E-state index contributed by atoms with van der Waals surface area (Å²) in [5.74, 6) is -0.0499. The van der Waals surface area contributed by atoms with Crippen LogP contribution in [0.2, 0.25) is 5.02 Å². The van der Waals surface area contributed by atoms with Gasteiger partial charge in [0.05, 0.1) is 11.1 Å². The van der Waals surface area contributed by atoms with Crippen LogP contribution in [0, 0.1) is 13.8 Å². The lowest BCUT2D eigenvalue weighted by atomic mass is 10.1. The van der Waals surface area contributed by atoms with Gasteiger partial charge in [-0.2, -0.15) is 4.31 Å². The van der Waals surface area contributed by atoms with Crippen LogP contribution < -0.4 is 0 Å². The van der Waals surface area contributed by atoms with Crippen molar-refractivity contribution in [3.05, 3.63) is 28.3 Å². The second-order valence-electron chi connectivity index (χ2n) is 6.32. The van der Waals surface area contributed by atoms with E-state index in [-0.39, 0.29) is 10.8 Å². The summed E-state index contributed by atoms with van der Waals surface area (Å²) < 4.78 is 28.0. The van der Waals surface area contributed by atoms with Crippen molar-refractivity contribution in [1.82, 2.24) is 9.21 Å². The molecule has 0 aliphatic carbocycles. The number of rotatable bonds is 4. The third-order valence-electron chi connectivity index (χ3n) is 4.61. The first-order valence-electron chi connectivity index (χ1n) is 8.24. The molecule has 1 aromatic carbocycles. The first-order valence-corrected chi connectivity index (χ1v) is 10.1. The van der Waals surface area contributed by atoms with Crippen LogP contribution in [0.3, 0.4) is 0 Å². The Kier molecular flexibility index (Phi) is 5.94. The first kappa shape index (κ1) is 19.2. The van der Waals surface area contributed by atoms with Crippen molar-refractivity contribution in [2.75, 3.05) is 13.6 Å². The van der Waals surface area contributed by atoms with Gasteiger partial charge in [0.1, 0.15) is 0 Å². The van der Waals surface area contributed by atoms with Crippen LogP contribution in [0.25, 0.3) is 0 Å². The van der Waals surface area contributed by atoms with Crippen LogP contribution in [0.5, 0.6) is 0 Å². The minimum Gasteiger partial charge on any atom is -0.329 e. The Balaban J connectivity index is 2.46. The zero-order valence-electron chi connectivity index (χ0n) is 14.7. The van der Waals surface area contributed by atoms with E-state index < -0.39 is 16.2 Å². The van der Waals surface area contributed by atoms with Crippen LogP contribution in [0.1, 0.15) is 43.7 Å². The largest absolute Gasteiger partial charge is 0.329 e. The van der Waals surface area contributed by atoms with Crippen molar-refractivity contribution >= 4 is 27.5 Å². The SMILES string of the molecule is CCC(=O)N(C)C1CCCCN1S(=O)(=O)c1cc(C)c(Cl)cc1C. The number of hydrogen-bond donors (Lipinski definition) is 0. The summed E-state index contributed by atoms with van der Waals surface area (Å²) in [7, 11) is -2.00. The molecule has 1 aliphatic rings. The van der Waals surface area contributed by atoms with Crippen LogP contribution in [0.15, 0.2) is 17.0 Å². The number of aryl methyl sites for hydroxylation is 2. The Morgan fingerprint density at radius 3 is 2.58 bits per heavy atom. The minimum atomic E-state index is -3.69. The Hall–Kier alpha value is -1.11. The molecular formula is C17H25ClN2O3S. The third-order valence-corrected chi connectivity index (χ3v) is 7.06. The lowest BCUT2D eigenvalue weighted by Gasteiger charge is -2.40. The smallest absolute Gasteiger partial charge is 0.245 e. The van der Waals surface area contributed by atoms with Gasteiger partial charge in [-0.25, -0.2) is 8.42 Å². The van der Waals surface area contributed by atoms with E-state index in [1.807, 2.05) is 0 Å². The average molecular weight is 373 g/mol. The van der Waals surface area contributed by atoms with Gasteiger partial charge in [-0.15, -0.1) is 0 Å². The number of sulfonamides is 1. The molecule has 5 nitrogen and oxygen atoms in total. The summed E-state index contributed by atoms with van der Waals surface area (Å²) in [5.41, 5.74) is 1.35. The molecule has 24 heavy (non-hydrogen) atoms. The molecule has 0 saturated carbocycles. The van der Waals surface area contributed by atoms with Gasteiger partial charge < -0.3 is 4.90 Å². The summed E-state index contributed by atoms with van der Waals surface area (Å²) in [6.07, 6.45) is 2.31. The summed E-state index contributed by atoms with van der Waals surface area (Å²) >= 11 is 6.10. The molecule has 1 fully saturated rings. The van der Waals surface area contributed by atoms with Gasteiger partial charge in [0, 0.05) is 25.0 Å². The summed E-state index contributed by atoms with van der Waals surface area (Å²) in [5, 5.41) is 0.555. The molecule has 0 aromatic heterocycles. The second-order valence-corrected chi connectivity index (χ2v) is 8.58. The maximum Gasteiger partial charge on any atom is 0.245 e. The van der Waals surface area contributed by atoms with Gasteiger partial charge in [-0.3, -0.25) is 4.79 Å². The van der Waals surface area contributed by atoms with Gasteiger partial charge in [0.25, 0.3) is 0 Å². The van der Waals surface area contributed by atoms with Crippen molar-refractivity contribution < 1.29 is 13.2 Å². The number of halogens is 1. The fourth-order valence-electron chi connectivity index (χ4n) is 3.13. The summed E-state index contributed by atoms with van der Waals surface area (Å²) in [6.45, 7) is 5.75. The third kappa shape index (κ3) is 3.60. The van der Waals surface area contributed by atoms with E-state index in [0.717, 1.165) is 18.4 Å². The number of nitrogens with zero attached hydrogens (tertiary/aromatic N) is 2. The number of benzene rings is 1. The Morgan fingerprint density at radius 2 is 1.96 bits per heavy atom. The summed E-state index contributed by atoms with van der Waals surface area (Å²) in [4.78, 5) is 13.9. The highest BCUT2D eigenvalue weighted by Crippen LogP contribution is 2.31. The molecule has 0 spiro atoms. The molecule has 1 saturated heterocycles. The molecule has 1 heterocycles. The van der Waals surface area contributed by atoms with Crippen molar-refractivity contribution in [2.45, 2.75) is 57.5 Å². The van der Waals surface area contributed by atoms with E-state index in [0.29, 0.717) is 30.0 Å². The normalized spacial score (nSPS) is 19.3. The lowest BCUT2D eigenvalue weighted by Crippen LogP contribution is -2.53. The molecule has 2 rings (SSSR count). The molecule has 1 unspecified atom stereocenters. The van der Waals surface area contributed by atoms with Crippen LogP contribution >= 0.6 is 11.6 Å². The van der Waals surface area contributed by atoms with Crippen molar-refractivity contribution in [3.63, 3.8) is 0 Å². The number of carbonyl (C=O) groups excluding carboxylic acids is 1. The van der Waals surface area contributed by atoms with Crippen LogP contribution in [-0.4, -0.2) is 43.3 Å². The topological polar surface area (TPSA) is 57.7 Å². The first-order chi connectivity index (χ1) is 11.2. The quantitative estimate of drug-likeness (QED) is 0.814. The van der Waals surface area contributed by atoms with E-state index in [1.54, 1.807) is 44.9 Å². The molecule has 0 bridgehead atoms. The van der Waals surface area contributed by atoms with Crippen molar-refractivity contribution in [3.8, 4) is 0 Å². The number of hydrogen-bond acceptors (Lipinski definition) is 3. The molecule has 134 valence electrons. The molecular weight excluding hydrogens is 348 g/mol. The van der Waals surface area contributed by atoms with Crippen molar-refractivity contribution in [2.24, 2.45) is 0 Å². The highest BCUT2D eigenvalue weighted by Gasteiger charge is 2.37. The Bertz CT molecular complexity index is 734. The van der Waals surface area contributed by atoms with Gasteiger partial charge in [-0.05, 0) is 56.4 Å². The molecule has 1 amide bonds. The molecule has 1 aromatic rings. The number of carbonyl (C=O) groups is 1. The van der Waals surface area contributed by atoms with Gasteiger partial charge in [0.15, 0.2) is 0 Å². The predicted octanol–water partition coefficient (Wildman–Crippen LogP) is 3.33. The minimum absolute atomic E-state index is 0.0499. The van der Waals surface area contributed by atoms with E-state index in [9.17, 15) is 13.2 Å². The number of amides is 1. The van der Waals surface area contributed by atoms with Crippen LogP contribution in [0.4, 0.5) is 0 Å².